The molecule has 2 fully saturated rings. The lowest BCUT2D eigenvalue weighted by atomic mass is 10.0. The number of anilines is 1. The summed E-state index contributed by atoms with van der Waals surface area (Å²) >= 11 is 0. The van der Waals surface area contributed by atoms with Crippen LogP contribution in [0.2, 0.25) is 0 Å². The summed E-state index contributed by atoms with van der Waals surface area (Å²) in [4.78, 5) is 12.3. The molecule has 2 saturated carbocycles. The fourth-order valence-electron chi connectivity index (χ4n) is 3.50. The summed E-state index contributed by atoms with van der Waals surface area (Å²) in [6.45, 7) is 0.726. The van der Waals surface area contributed by atoms with Gasteiger partial charge in [0, 0.05) is 24.0 Å². The van der Waals surface area contributed by atoms with Crippen LogP contribution in [0.3, 0.4) is 0 Å². The van der Waals surface area contributed by atoms with Crippen molar-refractivity contribution in [2.45, 2.75) is 25.8 Å². The van der Waals surface area contributed by atoms with E-state index in [0.717, 1.165) is 42.5 Å². The highest BCUT2D eigenvalue weighted by Crippen LogP contribution is 2.54. The standard InChI is InChI=1S/C17H19N3O/c21-17(15-9-13-8-14(13)10-15)19-16-4-1-3-12(7-16)11-20-6-2-5-18-20/h1-7,13-15H,8-11H2,(H,19,21). The molecule has 1 heterocycles. The van der Waals surface area contributed by atoms with E-state index in [9.17, 15) is 4.79 Å². The van der Waals surface area contributed by atoms with Crippen molar-refractivity contribution in [1.29, 1.82) is 0 Å². The average molecular weight is 281 g/mol. The van der Waals surface area contributed by atoms with Gasteiger partial charge in [-0.25, -0.2) is 0 Å². The maximum absolute atomic E-state index is 12.3. The lowest BCUT2D eigenvalue weighted by Crippen LogP contribution is -2.21. The van der Waals surface area contributed by atoms with Crippen molar-refractivity contribution in [3.63, 3.8) is 0 Å². The van der Waals surface area contributed by atoms with E-state index in [1.54, 1.807) is 6.20 Å². The molecule has 4 heteroatoms. The molecule has 2 unspecified atom stereocenters. The fraction of sp³-hybridized carbons (Fsp3) is 0.412. The highest BCUT2D eigenvalue weighted by Gasteiger charge is 2.47. The van der Waals surface area contributed by atoms with Gasteiger partial charge >= 0.3 is 0 Å². The Hall–Kier alpha value is -2.10. The number of nitrogens with one attached hydrogen (secondary N) is 1. The first kappa shape index (κ1) is 12.6. The van der Waals surface area contributed by atoms with Crippen LogP contribution in [0.1, 0.15) is 24.8 Å². The monoisotopic (exact) mass is 281 g/mol. The second kappa shape index (κ2) is 5.02. The third kappa shape index (κ3) is 2.71. The summed E-state index contributed by atoms with van der Waals surface area (Å²) in [6.07, 6.45) is 7.24. The van der Waals surface area contributed by atoms with Gasteiger partial charge in [0.2, 0.25) is 5.91 Å². The van der Waals surface area contributed by atoms with Crippen LogP contribution in [-0.4, -0.2) is 15.7 Å². The third-order valence-electron chi connectivity index (χ3n) is 4.71. The molecule has 1 aromatic heterocycles. The van der Waals surface area contributed by atoms with Crippen molar-refractivity contribution in [3.8, 4) is 0 Å². The van der Waals surface area contributed by atoms with Gasteiger partial charge in [-0.15, -0.1) is 0 Å². The van der Waals surface area contributed by atoms with E-state index in [1.165, 1.54) is 6.42 Å². The van der Waals surface area contributed by atoms with Gasteiger partial charge in [-0.05, 0) is 54.9 Å². The largest absolute Gasteiger partial charge is 0.326 e. The van der Waals surface area contributed by atoms with Crippen molar-refractivity contribution in [2.75, 3.05) is 5.32 Å². The molecule has 2 aromatic rings. The predicted molar refractivity (Wildman–Crippen MR) is 80.7 cm³/mol. The number of carbonyl (C=O) groups is 1. The van der Waals surface area contributed by atoms with Crippen LogP contribution >= 0.6 is 0 Å². The van der Waals surface area contributed by atoms with E-state index in [-0.39, 0.29) is 11.8 Å². The van der Waals surface area contributed by atoms with E-state index < -0.39 is 0 Å². The molecule has 0 saturated heterocycles. The smallest absolute Gasteiger partial charge is 0.227 e. The van der Waals surface area contributed by atoms with Crippen LogP contribution in [0.5, 0.6) is 0 Å². The summed E-state index contributed by atoms with van der Waals surface area (Å²) in [5, 5.41) is 7.28. The zero-order valence-corrected chi connectivity index (χ0v) is 11.9. The minimum atomic E-state index is 0.193. The molecule has 0 radical (unpaired) electrons. The molecule has 21 heavy (non-hydrogen) atoms. The Labute approximate surface area is 124 Å². The van der Waals surface area contributed by atoms with E-state index >= 15 is 0 Å². The Bertz CT molecular complexity index is 640. The lowest BCUT2D eigenvalue weighted by molar-refractivity contribution is -0.120. The number of benzene rings is 1. The van der Waals surface area contributed by atoms with Gasteiger partial charge in [0.1, 0.15) is 0 Å². The van der Waals surface area contributed by atoms with Crippen LogP contribution in [0.15, 0.2) is 42.7 Å². The van der Waals surface area contributed by atoms with Crippen LogP contribution in [-0.2, 0) is 11.3 Å². The highest BCUT2D eigenvalue weighted by atomic mass is 16.1. The van der Waals surface area contributed by atoms with Crippen molar-refractivity contribution in [1.82, 2.24) is 9.78 Å². The van der Waals surface area contributed by atoms with Gasteiger partial charge in [0.25, 0.3) is 0 Å². The van der Waals surface area contributed by atoms with Crippen molar-refractivity contribution < 1.29 is 4.79 Å². The summed E-state index contributed by atoms with van der Waals surface area (Å²) in [7, 11) is 0. The second-order valence-corrected chi connectivity index (χ2v) is 6.32. The Kier molecular flexibility index (Phi) is 3.02. The first-order chi connectivity index (χ1) is 10.3. The number of rotatable bonds is 4. The molecule has 0 spiro atoms. The van der Waals surface area contributed by atoms with Crippen LogP contribution < -0.4 is 5.32 Å². The average Bonchev–Trinajstić information content (AvgIpc) is 2.90. The SMILES string of the molecule is O=C(Nc1cccc(Cn2cccn2)c1)C1CC2CC2C1. The van der Waals surface area contributed by atoms with Crippen molar-refractivity contribution in [2.24, 2.45) is 17.8 Å². The topological polar surface area (TPSA) is 46.9 Å². The molecule has 4 nitrogen and oxygen atoms in total. The Balaban J connectivity index is 1.41. The maximum atomic E-state index is 12.3. The van der Waals surface area contributed by atoms with Gasteiger partial charge in [-0.1, -0.05) is 12.1 Å². The van der Waals surface area contributed by atoms with Crippen molar-refractivity contribution >= 4 is 11.6 Å². The van der Waals surface area contributed by atoms with Crippen LogP contribution in [0, 0.1) is 17.8 Å². The molecule has 0 aliphatic heterocycles. The quantitative estimate of drug-likeness (QED) is 0.936. The number of hydrogen-bond donors (Lipinski definition) is 1. The molecule has 4 rings (SSSR count). The van der Waals surface area contributed by atoms with Crippen LogP contribution in [0.4, 0.5) is 5.69 Å². The number of fused-ring (bicyclic) bond motifs is 1. The zero-order chi connectivity index (χ0) is 14.2. The van der Waals surface area contributed by atoms with Crippen molar-refractivity contribution in [3.05, 3.63) is 48.3 Å². The number of hydrogen-bond acceptors (Lipinski definition) is 2. The highest BCUT2D eigenvalue weighted by molar-refractivity contribution is 5.92. The van der Waals surface area contributed by atoms with Gasteiger partial charge in [-0.3, -0.25) is 9.48 Å². The number of nitrogens with zero attached hydrogens (tertiary/aromatic N) is 2. The molecule has 1 amide bonds. The first-order valence-corrected chi connectivity index (χ1v) is 7.65. The Morgan fingerprint density at radius 1 is 1.24 bits per heavy atom. The molecular formula is C17H19N3O. The summed E-state index contributed by atoms with van der Waals surface area (Å²) < 4.78 is 1.88. The normalized spacial score (nSPS) is 26.4. The van der Waals surface area contributed by atoms with E-state index in [4.69, 9.17) is 0 Å². The molecule has 2 atom stereocenters. The molecule has 2 aliphatic rings. The minimum absolute atomic E-state index is 0.193. The molecule has 1 aromatic carbocycles. The first-order valence-electron chi connectivity index (χ1n) is 7.65. The summed E-state index contributed by atoms with van der Waals surface area (Å²) in [6, 6.07) is 9.95. The van der Waals surface area contributed by atoms with E-state index in [1.807, 2.05) is 35.1 Å². The summed E-state index contributed by atoms with van der Waals surface area (Å²) in [5.41, 5.74) is 2.04. The van der Waals surface area contributed by atoms with Crippen LogP contribution in [0.25, 0.3) is 0 Å². The minimum Gasteiger partial charge on any atom is -0.326 e. The van der Waals surface area contributed by atoms with Gasteiger partial charge in [0.15, 0.2) is 0 Å². The molecule has 0 bridgehead atoms. The Morgan fingerprint density at radius 2 is 2.10 bits per heavy atom. The van der Waals surface area contributed by atoms with Gasteiger partial charge in [-0.2, -0.15) is 5.10 Å². The number of aromatic nitrogens is 2. The van der Waals surface area contributed by atoms with E-state index in [0.29, 0.717) is 0 Å². The fourth-order valence-corrected chi connectivity index (χ4v) is 3.50. The molecule has 2 aliphatic carbocycles. The van der Waals surface area contributed by atoms with Gasteiger partial charge in [0.05, 0.1) is 6.54 Å². The summed E-state index contributed by atoms with van der Waals surface area (Å²) in [5.74, 6) is 2.10. The predicted octanol–water partition coefficient (Wildman–Crippen LogP) is 2.92. The van der Waals surface area contributed by atoms with Gasteiger partial charge < -0.3 is 5.32 Å². The number of amides is 1. The maximum Gasteiger partial charge on any atom is 0.227 e. The lowest BCUT2D eigenvalue weighted by Gasteiger charge is -2.13. The zero-order valence-electron chi connectivity index (χ0n) is 11.9. The third-order valence-corrected chi connectivity index (χ3v) is 4.71. The molecule has 108 valence electrons. The Morgan fingerprint density at radius 3 is 2.86 bits per heavy atom. The molecule has 1 N–H and O–H groups in total. The number of carbonyl (C=O) groups excluding carboxylic acids is 1. The van der Waals surface area contributed by atoms with E-state index in [2.05, 4.69) is 16.5 Å². The second-order valence-electron chi connectivity index (χ2n) is 6.32. The molecular weight excluding hydrogens is 262 g/mol.